The largest absolute Gasteiger partial charge is 0.466 e. The molecular weight excluding hydrogens is 284 g/mol. The second-order valence-electron chi connectivity index (χ2n) is 3.20. The van der Waals surface area contributed by atoms with Gasteiger partial charge in [-0.1, -0.05) is 11.6 Å². The molecule has 2 rings (SSSR count). The van der Waals surface area contributed by atoms with E-state index in [2.05, 4.69) is 25.0 Å². The Morgan fingerprint density at radius 1 is 1.56 bits per heavy atom. The second kappa shape index (κ2) is 4.46. The molecule has 0 spiro atoms. The number of sulfonamides is 1. The zero-order valence-corrected chi connectivity index (χ0v) is 10.9. The molecule has 0 saturated carbocycles. The molecule has 2 aromatic rings. The molecule has 0 radical (unpaired) electrons. The van der Waals surface area contributed by atoms with Gasteiger partial charge in [0, 0.05) is 7.05 Å². The van der Waals surface area contributed by atoms with Crippen LogP contribution in [0.4, 0.5) is 5.95 Å². The summed E-state index contributed by atoms with van der Waals surface area (Å²) in [5.74, 6) is -0.0795. The number of aromatic nitrogens is 5. The monoisotopic (exact) mass is 292 g/mol. The van der Waals surface area contributed by atoms with Gasteiger partial charge in [-0.15, -0.1) is 5.10 Å². The van der Waals surface area contributed by atoms with Crippen LogP contribution in [0.3, 0.4) is 0 Å². The third-order valence-corrected chi connectivity index (χ3v) is 3.82. The van der Waals surface area contributed by atoms with E-state index in [4.69, 9.17) is 16.3 Å². The number of methoxy groups -OCH3 is 1. The van der Waals surface area contributed by atoms with Crippen LogP contribution < -0.4 is 9.46 Å². The first-order valence-corrected chi connectivity index (χ1v) is 6.47. The van der Waals surface area contributed by atoms with Crippen molar-refractivity contribution in [3.8, 4) is 6.01 Å². The number of rotatable bonds is 4. The molecule has 0 aliphatic rings. The Kier molecular flexibility index (Phi) is 3.13. The molecule has 0 aliphatic heterocycles. The lowest BCUT2D eigenvalue weighted by Crippen LogP contribution is -2.17. The maximum absolute atomic E-state index is 12.0. The smallest absolute Gasteiger partial charge is 0.336 e. The van der Waals surface area contributed by atoms with Crippen molar-refractivity contribution in [2.45, 2.75) is 5.03 Å². The van der Waals surface area contributed by atoms with Gasteiger partial charge in [0.25, 0.3) is 10.0 Å². The van der Waals surface area contributed by atoms with Crippen LogP contribution >= 0.6 is 11.6 Å². The highest BCUT2D eigenvalue weighted by molar-refractivity contribution is 7.92. The standard InChI is InChI=1S/C7H9ClN6O3S/c1-14-5(4(8)3-9-14)18(15,16)13-6-10-7(17-2)12-11-6/h3H,1-2H3,(H2,10,11,12,13). The summed E-state index contributed by atoms with van der Waals surface area (Å²) in [5, 5.41) is 9.55. The topological polar surface area (TPSA) is 115 Å². The highest BCUT2D eigenvalue weighted by Gasteiger charge is 2.24. The highest BCUT2D eigenvalue weighted by Crippen LogP contribution is 2.21. The number of aryl methyl sites for hydroxylation is 1. The Hall–Kier alpha value is -1.81. The van der Waals surface area contributed by atoms with E-state index < -0.39 is 10.0 Å². The van der Waals surface area contributed by atoms with Crippen LogP contribution in [0.1, 0.15) is 0 Å². The van der Waals surface area contributed by atoms with E-state index in [-0.39, 0.29) is 22.0 Å². The lowest BCUT2D eigenvalue weighted by atomic mass is 10.7. The molecule has 98 valence electrons. The van der Waals surface area contributed by atoms with Crippen LogP contribution in [-0.4, -0.2) is 40.5 Å². The lowest BCUT2D eigenvalue weighted by Gasteiger charge is -2.05. The average Bonchev–Trinajstić information content (AvgIpc) is 2.85. The minimum Gasteiger partial charge on any atom is -0.466 e. The van der Waals surface area contributed by atoms with Gasteiger partial charge in [-0.3, -0.25) is 4.68 Å². The molecule has 9 nitrogen and oxygen atoms in total. The average molecular weight is 293 g/mol. The molecular formula is C7H9ClN6O3S. The fourth-order valence-electron chi connectivity index (χ4n) is 1.26. The molecule has 11 heteroatoms. The van der Waals surface area contributed by atoms with Crippen molar-refractivity contribution < 1.29 is 13.2 Å². The molecule has 18 heavy (non-hydrogen) atoms. The van der Waals surface area contributed by atoms with Gasteiger partial charge in [-0.05, 0) is 0 Å². The zero-order valence-electron chi connectivity index (χ0n) is 9.38. The third kappa shape index (κ3) is 2.24. The normalized spacial score (nSPS) is 11.5. The van der Waals surface area contributed by atoms with Gasteiger partial charge in [0.2, 0.25) is 5.95 Å². The quantitative estimate of drug-likeness (QED) is 0.820. The Bertz CT molecular complexity index is 643. The van der Waals surface area contributed by atoms with Crippen molar-refractivity contribution in [3.05, 3.63) is 11.2 Å². The fraction of sp³-hybridized carbons (Fsp3) is 0.286. The predicted octanol–water partition coefficient (Wildman–Crippen LogP) is 0.001000. The van der Waals surface area contributed by atoms with Gasteiger partial charge in [-0.25, -0.2) is 9.82 Å². The van der Waals surface area contributed by atoms with Crippen LogP contribution in [0.2, 0.25) is 5.02 Å². The summed E-state index contributed by atoms with van der Waals surface area (Å²) in [7, 11) is -1.08. The first-order chi connectivity index (χ1) is 8.44. The molecule has 0 atom stereocenters. The molecule has 0 bridgehead atoms. The van der Waals surface area contributed by atoms with Gasteiger partial charge >= 0.3 is 6.01 Å². The van der Waals surface area contributed by atoms with E-state index in [9.17, 15) is 8.42 Å². The van der Waals surface area contributed by atoms with Crippen molar-refractivity contribution in [1.82, 2.24) is 25.0 Å². The maximum Gasteiger partial charge on any atom is 0.336 e. The van der Waals surface area contributed by atoms with Gasteiger partial charge < -0.3 is 4.74 Å². The Morgan fingerprint density at radius 2 is 2.28 bits per heavy atom. The van der Waals surface area contributed by atoms with Crippen LogP contribution in [0.25, 0.3) is 0 Å². The van der Waals surface area contributed by atoms with Crippen LogP contribution in [0.15, 0.2) is 11.2 Å². The Labute approximate surface area is 107 Å². The number of halogens is 1. The number of nitrogens with one attached hydrogen (secondary N) is 2. The molecule has 2 heterocycles. The summed E-state index contributed by atoms with van der Waals surface area (Å²) < 4.78 is 32.1. The van der Waals surface area contributed by atoms with E-state index in [1.807, 2.05) is 0 Å². The second-order valence-corrected chi connectivity index (χ2v) is 5.20. The summed E-state index contributed by atoms with van der Waals surface area (Å²) >= 11 is 5.75. The number of nitrogens with zero attached hydrogens (tertiary/aromatic N) is 4. The van der Waals surface area contributed by atoms with E-state index in [0.29, 0.717) is 0 Å². The van der Waals surface area contributed by atoms with Crippen molar-refractivity contribution in [1.29, 1.82) is 0 Å². The van der Waals surface area contributed by atoms with Gasteiger partial charge in [0.05, 0.1) is 18.3 Å². The number of hydrogen-bond donors (Lipinski definition) is 2. The van der Waals surface area contributed by atoms with E-state index >= 15 is 0 Å². The number of ether oxygens (including phenoxy) is 1. The Morgan fingerprint density at radius 3 is 2.78 bits per heavy atom. The van der Waals surface area contributed by atoms with E-state index in [1.54, 1.807) is 0 Å². The third-order valence-electron chi connectivity index (χ3n) is 1.98. The van der Waals surface area contributed by atoms with Crippen LogP contribution in [0.5, 0.6) is 6.01 Å². The predicted molar refractivity (Wildman–Crippen MR) is 62.0 cm³/mol. The van der Waals surface area contributed by atoms with Crippen LogP contribution in [0, 0.1) is 0 Å². The number of H-pyrrole nitrogens is 1. The minimum atomic E-state index is -3.90. The molecule has 2 aromatic heterocycles. The molecule has 0 saturated heterocycles. The summed E-state index contributed by atoms with van der Waals surface area (Å²) in [5.41, 5.74) is 0. The number of hydrogen-bond acceptors (Lipinski definition) is 6. The van der Waals surface area contributed by atoms with Gasteiger partial charge in [-0.2, -0.15) is 18.5 Å². The minimum absolute atomic E-state index is 0.0106. The molecule has 0 aliphatic carbocycles. The van der Waals surface area contributed by atoms with Crippen molar-refractivity contribution in [2.75, 3.05) is 11.8 Å². The molecule has 2 N–H and O–H groups in total. The summed E-state index contributed by atoms with van der Waals surface area (Å²) in [6.45, 7) is 0. The highest BCUT2D eigenvalue weighted by atomic mass is 35.5. The molecule has 0 fully saturated rings. The van der Waals surface area contributed by atoms with Crippen molar-refractivity contribution >= 4 is 27.6 Å². The summed E-state index contributed by atoms with van der Waals surface area (Å²) in [6.07, 6.45) is 1.23. The van der Waals surface area contributed by atoms with Gasteiger partial charge in [0.1, 0.15) is 0 Å². The van der Waals surface area contributed by atoms with Crippen molar-refractivity contribution in [2.24, 2.45) is 7.05 Å². The number of aromatic amines is 1. The summed E-state index contributed by atoms with van der Waals surface area (Å²) in [6, 6.07) is 0.0174. The molecule has 0 unspecified atom stereocenters. The Balaban J connectivity index is 2.33. The van der Waals surface area contributed by atoms with Gasteiger partial charge in [0.15, 0.2) is 5.03 Å². The molecule has 0 amide bonds. The van der Waals surface area contributed by atoms with Crippen LogP contribution in [-0.2, 0) is 17.1 Å². The molecule has 0 aromatic carbocycles. The van der Waals surface area contributed by atoms with E-state index in [1.165, 1.54) is 20.4 Å². The zero-order chi connectivity index (χ0) is 13.3. The lowest BCUT2D eigenvalue weighted by molar-refractivity contribution is 0.382. The first kappa shape index (κ1) is 12.6. The summed E-state index contributed by atoms with van der Waals surface area (Å²) in [4.78, 5) is 3.73. The SMILES string of the molecule is COc1n[nH]c(NS(=O)(=O)c2c(Cl)cnn2C)n1. The van der Waals surface area contributed by atoms with Crippen molar-refractivity contribution in [3.63, 3.8) is 0 Å². The number of anilines is 1. The van der Waals surface area contributed by atoms with E-state index in [0.717, 1.165) is 4.68 Å². The fourth-order valence-corrected chi connectivity index (χ4v) is 2.88. The first-order valence-electron chi connectivity index (χ1n) is 4.61. The maximum atomic E-state index is 12.0.